The van der Waals surface area contributed by atoms with Crippen LogP contribution in [0.4, 0.5) is 5.69 Å². The van der Waals surface area contributed by atoms with Gasteiger partial charge in [0, 0.05) is 5.69 Å². The van der Waals surface area contributed by atoms with Gasteiger partial charge in [0.25, 0.3) is 11.5 Å². The zero-order valence-corrected chi connectivity index (χ0v) is 27.7. The van der Waals surface area contributed by atoms with Gasteiger partial charge in [-0.1, -0.05) is 105 Å². The first-order chi connectivity index (χ1) is 22.7. The van der Waals surface area contributed by atoms with E-state index >= 15 is 0 Å². The number of carbonyl (C=O) groups is 1. The van der Waals surface area contributed by atoms with Gasteiger partial charge in [0.2, 0.25) is 0 Å². The number of rotatable bonds is 9. The number of hydrogen-bond acceptors (Lipinski definition) is 6. The van der Waals surface area contributed by atoms with Crippen molar-refractivity contribution in [2.75, 3.05) is 18.5 Å². The maximum Gasteiger partial charge on any atom is 0.271 e. The lowest BCUT2D eigenvalue weighted by Gasteiger charge is -2.25. The standard InChI is InChI=1S/C39H37N3O4S/c1-26-34(36(43)41-30-13-9-6-10-14-30)35(28-11-7-5-8-12-28)42-37(44)33(47-38(42)40-26)25-27-15-19-31(20-16-27)45-23-24-46-32-21-17-29(18-22-32)39(2,3)4/h5-22,25,35H,23-24H2,1-4H3,(H,41,43)/t35-/m1/s1. The number of ether oxygens (including phenoxy) is 2. The van der Waals surface area contributed by atoms with Crippen molar-refractivity contribution in [2.24, 2.45) is 4.99 Å². The fourth-order valence-electron chi connectivity index (χ4n) is 5.46. The average molecular weight is 644 g/mol. The van der Waals surface area contributed by atoms with Crippen molar-refractivity contribution in [3.05, 3.63) is 157 Å². The highest BCUT2D eigenvalue weighted by molar-refractivity contribution is 7.07. The normalized spacial score (nSPS) is 14.7. The number of hydrogen-bond donors (Lipinski definition) is 1. The van der Waals surface area contributed by atoms with E-state index in [-0.39, 0.29) is 16.9 Å². The van der Waals surface area contributed by atoms with Crippen molar-refractivity contribution < 1.29 is 14.3 Å². The lowest BCUT2D eigenvalue weighted by atomic mass is 9.87. The van der Waals surface area contributed by atoms with Gasteiger partial charge in [-0.05, 0) is 71.5 Å². The number of carbonyl (C=O) groups excluding carboxylic acids is 1. The third-order valence-corrected chi connectivity index (χ3v) is 8.92. The van der Waals surface area contributed by atoms with Crippen LogP contribution in [0.5, 0.6) is 11.5 Å². The van der Waals surface area contributed by atoms with E-state index in [2.05, 4.69) is 38.2 Å². The zero-order chi connectivity index (χ0) is 33.0. The van der Waals surface area contributed by atoms with Crippen molar-refractivity contribution in [3.63, 3.8) is 0 Å². The Kier molecular flexibility index (Phi) is 9.22. The van der Waals surface area contributed by atoms with Gasteiger partial charge < -0.3 is 14.8 Å². The van der Waals surface area contributed by atoms with Crippen LogP contribution in [0.1, 0.15) is 50.4 Å². The SMILES string of the molecule is CC1=C(C(=O)Nc2ccccc2)[C@@H](c2ccccc2)n2c(sc(=Cc3ccc(OCCOc4ccc(C(C)(C)C)cc4)cc3)c2=O)=N1. The van der Waals surface area contributed by atoms with E-state index in [1.54, 1.807) is 4.57 Å². The van der Waals surface area contributed by atoms with Crippen molar-refractivity contribution in [1.82, 2.24) is 4.57 Å². The van der Waals surface area contributed by atoms with Crippen molar-refractivity contribution >= 4 is 29.0 Å². The molecule has 1 aliphatic rings. The first-order valence-corrected chi connectivity index (χ1v) is 16.4. The van der Waals surface area contributed by atoms with Gasteiger partial charge in [-0.25, -0.2) is 4.99 Å². The van der Waals surface area contributed by atoms with E-state index in [1.807, 2.05) is 110 Å². The number of amides is 1. The molecule has 6 rings (SSSR count). The molecule has 0 aliphatic carbocycles. The first-order valence-electron chi connectivity index (χ1n) is 15.6. The van der Waals surface area contributed by atoms with E-state index in [0.717, 1.165) is 16.9 Å². The summed E-state index contributed by atoms with van der Waals surface area (Å²) >= 11 is 1.31. The van der Waals surface area contributed by atoms with Gasteiger partial charge in [-0.15, -0.1) is 0 Å². The largest absolute Gasteiger partial charge is 0.490 e. The Morgan fingerprint density at radius 3 is 2.02 bits per heavy atom. The minimum absolute atomic E-state index is 0.0999. The van der Waals surface area contributed by atoms with E-state index < -0.39 is 6.04 Å². The lowest BCUT2D eigenvalue weighted by molar-refractivity contribution is -0.113. The molecule has 1 aliphatic heterocycles. The van der Waals surface area contributed by atoms with Crippen LogP contribution in [0.3, 0.4) is 0 Å². The molecule has 1 amide bonds. The maximum absolute atomic E-state index is 13.9. The van der Waals surface area contributed by atoms with Crippen LogP contribution < -0.4 is 29.7 Å². The Hall–Kier alpha value is -5.21. The molecule has 0 fully saturated rings. The molecule has 0 bridgehead atoms. The molecule has 0 spiro atoms. The number of aromatic nitrogens is 1. The number of fused-ring (bicyclic) bond motifs is 1. The Bertz CT molecular complexity index is 2070. The summed E-state index contributed by atoms with van der Waals surface area (Å²) in [6, 6.07) is 34.0. The summed E-state index contributed by atoms with van der Waals surface area (Å²) in [5.41, 5.74) is 4.53. The highest BCUT2D eigenvalue weighted by atomic mass is 32.1. The van der Waals surface area contributed by atoms with Gasteiger partial charge in [0.05, 0.1) is 21.8 Å². The molecule has 238 valence electrons. The van der Waals surface area contributed by atoms with Crippen LogP contribution in [0, 0.1) is 0 Å². The molecular weight excluding hydrogens is 607 g/mol. The third-order valence-electron chi connectivity index (χ3n) is 7.93. The molecule has 4 aromatic carbocycles. The van der Waals surface area contributed by atoms with E-state index in [0.29, 0.717) is 45.3 Å². The highest BCUT2D eigenvalue weighted by Gasteiger charge is 2.32. The van der Waals surface area contributed by atoms with E-state index in [1.165, 1.54) is 16.9 Å². The summed E-state index contributed by atoms with van der Waals surface area (Å²) < 4.78 is 13.9. The molecule has 1 N–H and O–H groups in total. The Morgan fingerprint density at radius 1 is 0.851 bits per heavy atom. The number of nitrogens with zero attached hydrogens (tertiary/aromatic N) is 2. The van der Waals surface area contributed by atoms with Crippen LogP contribution in [0.15, 0.2) is 130 Å². The van der Waals surface area contributed by atoms with Gasteiger partial charge in [0.15, 0.2) is 4.80 Å². The first kappa shape index (κ1) is 31.8. The molecule has 7 nitrogen and oxygen atoms in total. The van der Waals surface area contributed by atoms with Crippen LogP contribution >= 0.6 is 11.3 Å². The van der Waals surface area contributed by atoms with Crippen molar-refractivity contribution in [2.45, 2.75) is 39.2 Å². The molecule has 0 unspecified atom stereocenters. The molecule has 0 radical (unpaired) electrons. The van der Waals surface area contributed by atoms with Crippen molar-refractivity contribution in [3.8, 4) is 11.5 Å². The Balaban J connectivity index is 1.19. The fourth-order valence-corrected chi connectivity index (χ4v) is 6.51. The Morgan fingerprint density at radius 2 is 1.43 bits per heavy atom. The molecule has 5 aromatic rings. The van der Waals surface area contributed by atoms with Gasteiger partial charge >= 0.3 is 0 Å². The summed E-state index contributed by atoms with van der Waals surface area (Å²) in [5, 5.41) is 2.98. The molecule has 0 saturated heterocycles. The smallest absolute Gasteiger partial charge is 0.271 e. The maximum atomic E-state index is 13.9. The van der Waals surface area contributed by atoms with Crippen LogP contribution in [-0.2, 0) is 10.2 Å². The predicted octanol–water partition coefficient (Wildman–Crippen LogP) is 6.63. The topological polar surface area (TPSA) is 81.9 Å². The second-order valence-electron chi connectivity index (χ2n) is 12.4. The summed E-state index contributed by atoms with van der Waals surface area (Å²) in [4.78, 5) is 32.9. The van der Waals surface area contributed by atoms with Crippen LogP contribution in [0.25, 0.3) is 6.08 Å². The van der Waals surface area contributed by atoms with E-state index in [9.17, 15) is 9.59 Å². The van der Waals surface area contributed by atoms with Crippen molar-refractivity contribution in [1.29, 1.82) is 0 Å². The quantitative estimate of drug-likeness (QED) is 0.183. The fraction of sp³-hybridized carbons (Fsp3) is 0.205. The highest BCUT2D eigenvalue weighted by Crippen LogP contribution is 2.31. The molecule has 1 aromatic heterocycles. The molecule has 2 heterocycles. The second kappa shape index (κ2) is 13.6. The second-order valence-corrected chi connectivity index (χ2v) is 13.4. The third kappa shape index (κ3) is 7.28. The van der Waals surface area contributed by atoms with Crippen LogP contribution in [0.2, 0.25) is 0 Å². The zero-order valence-electron chi connectivity index (χ0n) is 26.9. The number of para-hydroxylation sites is 1. The lowest BCUT2D eigenvalue weighted by Crippen LogP contribution is -2.40. The summed E-state index contributed by atoms with van der Waals surface area (Å²) in [7, 11) is 0. The molecular formula is C39H37N3O4S. The monoisotopic (exact) mass is 643 g/mol. The number of anilines is 1. The summed E-state index contributed by atoms with van der Waals surface area (Å²) in [5.74, 6) is 1.23. The molecule has 47 heavy (non-hydrogen) atoms. The minimum atomic E-state index is -0.618. The van der Waals surface area contributed by atoms with Gasteiger partial charge in [-0.3, -0.25) is 14.2 Å². The van der Waals surface area contributed by atoms with Gasteiger partial charge in [0.1, 0.15) is 24.7 Å². The van der Waals surface area contributed by atoms with E-state index in [4.69, 9.17) is 14.5 Å². The predicted molar refractivity (Wildman–Crippen MR) is 188 cm³/mol. The molecule has 8 heteroatoms. The number of nitrogens with one attached hydrogen (secondary N) is 1. The average Bonchev–Trinajstić information content (AvgIpc) is 3.37. The molecule has 1 atom stereocenters. The molecule has 0 saturated carbocycles. The summed E-state index contributed by atoms with van der Waals surface area (Å²) in [6.45, 7) is 9.20. The minimum Gasteiger partial charge on any atom is -0.490 e. The van der Waals surface area contributed by atoms with Crippen LogP contribution in [-0.4, -0.2) is 23.7 Å². The number of allylic oxidation sites excluding steroid dienone is 1. The number of thiazole rings is 1. The van der Waals surface area contributed by atoms with Gasteiger partial charge in [-0.2, -0.15) is 0 Å². The Labute approximate surface area is 278 Å². The summed E-state index contributed by atoms with van der Waals surface area (Å²) in [6.07, 6.45) is 1.85. The number of benzene rings is 4.